The number of hydrogen-bond donors (Lipinski definition) is 1. The summed E-state index contributed by atoms with van der Waals surface area (Å²) in [5.41, 5.74) is 6.44. The molecule has 6 heteroatoms. The first-order chi connectivity index (χ1) is 9.51. The Labute approximate surface area is 118 Å². The molecule has 2 N–H and O–H groups in total. The highest BCUT2D eigenvalue weighted by Crippen LogP contribution is 2.38. The summed E-state index contributed by atoms with van der Waals surface area (Å²) in [6.07, 6.45) is -0.186. The highest BCUT2D eigenvalue weighted by molar-refractivity contribution is 5.71. The van der Waals surface area contributed by atoms with Crippen molar-refractivity contribution in [3.05, 3.63) is 17.7 Å². The van der Waals surface area contributed by atoms with Gasteiger partial charge in [0.15, 0.2) is 18.1 Å². The van der Waals surface area contributed by atoms with Crippen LogP contribution in [0, 0.1) is 0 Å². The molecule has 0 saturated heterocycles. The van der Waals surface area contributed by atoms with Crippen molar-refractivity contribution in [1.82, 2.24) is 0 Å². The van der Waals surface area contributed by atoms with Crippen molar-refractivity contribution in [2.45, 2.75) is 26.5 Å². The number of esters is 1. The molecular weight excluding hydrogens is 262 g/mol. The lowest BCUT2D eigenvalue weighted by molar-refractivity contribution is -0.149. The van der Waals surface area contributed by atoms with Crippen LogP contribution in [0.2, 0.25) is 0 Å². The Bertz CT molecular complexity index is 434. The highest BCUT2D eigenvalue weighted by atomic mass is 16.6. The SMILES string of the molecule is COc1cc(CN)cc(OC)c1OCC(=O)OC(C)C. The second-order valence-electron chi connectivity index (χ2n) is 4.36. The second-order valence-corrected chi connectivity index (χ2v) is 4.36. The van der Waals surface area contributed by atoms with Crippen LogP contribution < -0.4 is 19.9 Å². The third kappa shape index (κ3) is 4.31. The van der Waals surface area contributed by atoms with Gasteiger partial charge in [-0.05, 0) is 31.5 Å². The number of rotatable bonds is 7. The molecule has 6 nitrogen and oxygen atoms in total. The predicted octanol–water partition coefficient (Wildman–Crippen LogP) is 1.49. The van der Waals surface area contributed by atoms with Crippen molar-refractivity contribution in [2.75, 3.05) is 20.8 Å². The van der Waals surface area contributed by atoms with E-state index in [9.17, 15) is 4.79 Å². The van der Waals surface area contributed by atoms with Crippen LogP contribution in [0.4, 0.5) is 0 Å². The molecule has 0 radical (unpaired) electrons. The summed E-state index contributed by atoms with van der Waals surface area (Å²) < 4.78 is 20.9. The fraction of sp³-hybridized carbons (Fsp3) is 0.500. The summed E-state index contributed by atoms with van der Waals surface area (Å²) in [5, 5.41) is 0. The molecule has 1 aromatic rings. The van der Waals surface area contributed by atoms with Gasteiger partial charge in [-0.1, -0.05) is 0 Å². The third-order valence-corrected chi connectivity index (χ3v) is 2.46. The van der Waals surface area contributed by atoms with Crippen LogP contribution in [-0.4, -0.2) is 32.9 Å². The summed E-state index contributed by atoms with van der Waals surface area (Å²) in [6, 6.07) is 3.48. The fourth-order valence-electron chi connectivity index (χ4n) is 1.62. The van der Waals surface area contributed by atoms with Crippen LogP contribution in [0.3, 0.4) is 0 Å². The van der Waals surface area contributed by atoms with Gasteiger partial charge in [-0.15, -0.1) is 0 Å². The average molecular weight is 283 g/mol. The van der Waals surface area contributed by atoms with Gasteiger partial charge in [0, 0.05) is 6.54 Å². The second kappa shape index (κ2) is 7.59. The molecule has 0 atom stereocenters. The van der Waals surface area contributed by atoms with Crippen LogP contribution in [0.15, 0.2) is 12.1 Å². The Balaban J connectivity index is 2.90. The monoisotopic (exact) mass is 283 g/mol. The first kappa shape index (κ1) is 16.1. The van der Waals surface area contributed by atoms with E-state index in [2.05, 4.69) is 0 Å². The number of benzene rings is 1. The summed E-state index contributed by atoms with van der Waals surface area (Å²) in [6.45, 7) is 3.68. The number of carbonyl (C=O) groups is 1. The molecule has 1 aromatic carbocycles. The molecule has 0 bridgehead atoms. The van der Waals surface area contributed by atoms with Gasteiger partial charge in [0.1, 0.15) is 0 Å². The van der Waals surface area contributed by atoms with E-state index in [4.69, 9.17) is 24.7 Å². The van der Waals surface area contributed by atoms with Crippen molar-refractivity contribution < 1.29 is 23.7 Å². The van der Waals surface area contributed by atoms with E-state index in [-0.39, 0.29) is 12.7 Å². The highest BCUT2D eigenvalue weighted by Gasteiger charge is 2.16. The van der Waals surface area contributed by atoms with Crippen LogP contribution in [0.5, 0.6) is 17.2 Å². The molecule has 20 heavy (non-hydrogen) atoms. The summed E-state index contributed by atoms with van der Waals surface area (Å²) in [7, 11) is 3.02. The number of nitrogens with two attached hydrogens (primary N) is 1. The number of methoxy groups -OCH3 is 2. The molecule has 0 saturated carbocycles. The van der Waals surface area contributed by atoms with Crippen LogP contribution in [0.25, 0.3) is 0 Å². The Morgan fingerprint density at radius 2 is 1.75 bits per heavy atom. The van der Waals surface area contributed by atoms with E-state index < -0.39 is 5.97 Å². The minimum Gasteiger partial charge on any atom is -0.493 e. The minimum atomic E-state index is -0.452. The van der Waals surface area contributed by atoms with E-state index in [1.165, 1.54) is 14.2 Å². The lowest BCUT2D eigenvalue weighted by Crippen LogP contribution is -2.19. The van der Waals surface area contributed by atoms with Crippen LogP contribution in [-0.2, 0) is 16.1 Å². The van der Waals surface area contributed by atoms with Gasteiger partial charge < -0.3 is 24.7 Å². The molecule has 0 aliphatic rings. The van der Waals surface area contributed by atoms with E-state index in [0.717, 1.165) is 5.56 Å². The molecule has 0 heterocycles. The maximum atomic E-state index is 11.5. The van der Waals surface area contributed by atoms with Crippen molar-refractivity contribution in [3.63, 3.8) is 0 Å². The van der Waals surface area contributed by atoms with E-state index in [0.29, 0.717) is 23.8 Å². The van der Waals surface area contributed by atoms with Gasteiger partial charge in [-0.3, -0.25) is 0 Å². The van der Waals surface area contributed by atoms with Crippen molar-refractivity contribution in [3.8, 4) is 17.2 Å². The number of ether oxygens (including phenoxy) is 4. The van der Waals surface area contributed by atoms with Gasteiger partial charge in [0.25, 0.3) is 0 Å². The molecule has 0 unspecified atom stereocenters. The molecule has 0 amide bonds. The lowest BCUT2D eigenvalue weighted by Gasteiger charge is -2.16. The lowest BCUT2D eigenvalue weighted by atomic mass is 10.2. The van der Waals surface area contributed by atoms with Gasteiger partial charge >= 0.3 is 5.97 Å². The van der Waals surface area contributed by atoms with Crippen molar-refractivity contribution >= 4 is 5.97 Å². The standard InChI is InChI=1S/C14H21NO5/c1-9(2)20-13(16)8-19-14-11(17-3)5-10(7-15)6-12(14)18-4/h5-6,9H,7-8,15H2,1-4H3. The van der Waals surface area contributed by atoms with Gasteiger partial charge in [0.05, 0.1) is 20.3 Å². The molecule has 1 rings (SSSR count). The Morgan fingerprint density at radius 1 is 1.20 bits per heavy atom. The number of hydrogen-bond acceptors (Lipinski definition) is 6. The van der Waals surface area contributed by atoms with Crippen LogP contribution >= 0.6 is 0 Å². The Kier molecular flexibility index (Phi) is 6.11. The van der Waals surface area contributed by atoms with Crippen LogP contribution in [0.1, 0.15) is 19.4 Å². The molecule has 0 fully saturated rings. The average Bonchev–Trinajstić information content (AvgIpc) is 2.43. The van der Waals surface area contributed by atoms with E-state index in [1.54, 1.807) is 26.0 Å². The largest absolute Gasteiger partial charge is 0.493 e. The zero-order valence-corrected chi connectivity index (χ0v) is 12.3. The molecule has 0 aliphatic carbocycles. The maximum absolute atomic E-state index is 11.5. The van der Waals surface area contributed by atoms with Gasteiger partial charge in [0.2, 0.25) is 5.75 Å². The molecule has 112 valence electrons. The van der Waals surface area contributed by atoms with E-state index in [1.807, 2.05) is 0 Å². The van der Waals surface area contributed by atoms with Crippen molar-refractivity contribution in [2.24, 2.45) is 5.73 Å². The fourth-order valence-corrected chi connectivity index (χ4v) is 1.62. The summed E-state index contributed by atoms with van der Waals surface area (Å²) in [4.78, 5) is 11.5. The van der Waals surface area contributed by atoms with Gasteiger partial charge in [-0.2, -0.15) is 0 Å². The first-order valence-electron chi connectivity index (χ1n) is 6.29. The zero-order valence-electron chi connectivity index (χ0n) is 12.3. The number of carbonyl (C=O) groups excluding carboxylic acids is 1. The predicted molar refractivity (Wildman–Crippen MR) is 74.2 cm³/mol. The normalized spacial score (nSPS) is 10.3. The molecule has 0 aliphatic heterocycles. The van der Waals surface area contributed by atoms with E-state index >= 15 is 0 Å². The minimum absolute atomic E-state index is 0.186. The molecular formula is C14H21NO5. The quantitative estimate of drug-likeness (QED) is 0.764. The zero-order chi connectivity index (χ0) is 15.1. The topological polar surface area (TPSA) is 80.0 Å². The van der Waals surface area contributed by atoms with Gasteiger partial charge in [-0.25, -0.2) is 4.79 Å². The molecule has 0 aromatic heterocycles. The Hall–Kier alpha value is -1.95. The summed E-state index contributed by atoms with van der Waals surface area (Å²) >= 11 is 0. The first-order valence-corrected chi connectivity index (χ1v) is 6.29. The maximum Gasteiger partial charge on any atom is 0.344 e. The smallest absolute Gasteiger partial charge is 0.344 e. The third-order valence-electron chi connectivity index (χ3n) is 2.46. The Morgan fingerprint density at radius 3 is 2.15 bits per heavy atom. The molecule has 0 spiro atoms. The summed E-state index contributed by atoms with van der Waals surface area (Å²) in [5.74, 6) is 0.823. The van der Waals surface area contributed by atoms with Crippen molar-refractivity contribution in [1.29, 1.82) is 0 Å².